The Morgan fingerprint density at radius 2 is 2.14 bits per heavy atom. The van der Waals surface area contributed by atoms with Gasteiger partial charge in [-0.1, -0.05) is 19.9 Å². The number of carboxylic acids is 1. The molecule has 4 heteroatoms. The quantitative estimate of drug-likeness (QED) is 0.778. The number of halogens is 1. The molecular formula is C17H21BrO3. The first-order chi connectivity index (χ1) is 9.90. The molecule has 0 aliphatic rings. The first-order valence-electron chi connectivity index (χ1n) is 6.96. The predicted molar refractivity (Wildman–Crippen MR) is 87.5 cm³/mol. The number of ether oxygens (including phenoxy) is 1. The molecule has 0 radical (unpaired) electrons. The van der Waals surface area contributed by atoms with Crippen LogP contribution in [-0.2, 0) is 10.2 Å². The van der Waals surface area contributed by atoms with Crippen molar-refractivity contribution in [1.29, 1.82) is 0 Å². The maximum atomic E-state index is 12.0. The van der Waals surface area contributed by atoms with Crippen LogP contribution in [0.2, 0.25) is 0 Å². The van der Waals surface area contributed by atoms with E-state index in [4.69, 9.17) is 4.74 Å². The third-order valence-electron chi connectivity index (χ3n) is 3.66. The fourth-order valence-electron chi connectivity index (χ4n) is 2.36. The van der Waals surface area contributed by atoms with Gasteiger partial charge in [0.25, 0.3) is 0 Å². The Morgan fingerprint density at radius 1 is 1.48 bits per heavy atom. The van der Waals surface area contributed by atoms with Gasteiger partial charge in [0.05, 0.1) is 11.1 Å². The molecule has 114 valence electrons. The van der Waals surface area contributed by atoms with Gasteiger partial charge < -0.3 is 9.84 Å². The lowest BCUT2D eigenvalue weighted by molar-refractivity contribution is -0.145. The summed E-state index contributed by atoms with van der Waals surface area (Å²) < 4.78 is 6.25. The van der Waals surface area contributed by atoms with Crippen molar-refractivity contribution < 1.29 is 14.6 Å². The highest BCUT2D eigenvalue weighted by Crippen LogP contribution is 2.39. The summed E-state index contributed by atoms with van der Waals surface area (Å²) in [6.45, 7) is 8.02. The lowest BCUT2D eigenvalue weighted by Gasteiger charge is -2.32. The van der Waals surface area contributed by atoms with Gasteiger partial charge in [0.15, 0.2) is 0 Å². The molecule has 1 aromatic carbocycles. The van der Waals surface area contributed by atoms with Crippen molar-refractivity contribution >= 4 is 21.9 Å². The third-order valence-corrected chi connectivity index (χ3v) is 4.28. The number of aliphatic carboxylic acids is 1. The van der Waals surface area contributed by atoms with Crippen LogP contribution in [0.3, 0.4) is 0 Å². The first kappa shape index (κ1) is 17.6. The van der Waals surface area contributed by atoms with E-state index >= 15 is 0 Å². The molecule has 21 heavy (non-hydrogen) atoms. The molecule has 0 aromatic heterocycles. The molecular weight excluding hydrogens is 332 g/mol. The fraction of sp³-hybridized carbons (Fsp3) is 0.471. The van der Waals surface area contributed by atoms with E-state index in [0.717, 1.165) is 10.0 Å². The van der Waals surface area contributed by atoms with Crippen molar-refractivity contribution in [2.45, 2.75) is 39.5 Å². The molecule has 1 unspecified atom stereocenters. The van der Waals surface area contributed by atoms with E-state index in [9.17, 15) is 9.90 Å². The Bertz CT molecular complexity index is 569. The van der Waals surface area contributed by atoms with E-state index in [2.05, 4.69) is 27.8 Å². The molecule has 3 nitrogen and oxygen atoms in total. The minimum absolute atomic E-state index is 0.0827. The van der Waals surface area contributed by atoms with Gasteiger partial charge in [0.2, 0.25) is 0 Å². The lowest BCUT2D eigenvalue weighted by atomic mass is 9.69. The van der Waals surface area contributed by atoms with E-state index in [1.54, 1.807) is 6.92 Å². The number of hydrogen-bond acceptors (Lipinski definition) is 2. The van der Waals surface area contributed by atoms with Crippen molar-refractivity contribution in [3.05, 3.63) is 28.2 Å². The van der Waals surface area contributed by atoms with Gasteiger partial charge in [-0.2, -0.15) is 0 Å². The fourth-order valence-corrected chi connectivity index (χ4v) is 2.86. The van der Waals surface area contributed by atoms with Crippen molar-refractivity contribution in [3.8, 4) is 17.6 Å². The summed E-state index contributed by atoms with van der Waals surface area (Å²) in [7, 11) is 0. The standard InChI is InChI=1S/C17H21BrO3/c1-5-7-10-17(12(3)4,16(19)20)13-8-9-15(21-6-2)14(18)11-13/h8-9,11-12H,6,10H2,1-4H3,(H,19,20). The Labute approximate surface area is 134 Å². The van der Waals surface area contributed by atoms with E-state index in [1.807, 2.05) is 39.0 Å². The smallest absolute Gasteiger partial charge is 0.315 e. The van der Waals surface area contributed by atoms with E-state index < -0.39 is 11.4 Å². The number of hydrogen-bond donors (Lipinski definition) is 1. The monoisotopic (exact) mass is 352 g/mol. The zero-order valence-electron chi connectivity index (χ0n) is 12.9. The second kappa shape index (κ2) is 7.51. The average molecular weight is 353 g/mol. The summed E-state index contributed by atoms with van der Waals surface area (Å²) in [5.41, 5.74) is -0.279. The molecule has 0 aliphatic carbocycles. The zero-order chi connectivity index (χ0) is 16.0. The second-order valence-electron chi connectivity index (χ2n) is 5.11. The van der Waals surface area contributed by atoms with Crippen LogP contribution in [0.4, 0.5) is 0 Å². The predicted octanol–water partition coefficient (Wildman–Crippen LogP) is 4.24. The minimum Gasteiger partial charge on any atom is -0.493 e. The Hall–Kier alpha value is -1.47. The molecule has 0 saturated carbocycles. The molecule has 1 aromatic rings. The third kappa shape index (κ3) is 3.59. The summed E-state index contributed by atoms with van der Waals surface area (Å²) in [5.74, 6) is 5.51. The second-order valence-corrected chi connectivity index (χ2v) is 5.97. The van der Waals surface area contributed by atoms with Gasteiger partial charge in [-0.05, 0) is 53.4 Å². The lowest BCUT2D eigenvalue weighted by Crippen LogP contribution is -2.40. The summed E-state index contributed by atoms with van der Waals surface area (Å²) in [6, 6.07) is 5.46. The van der Waals surface area contributed by atoms with Crippen LogP contribution in [0.5, 0.6) is 5.75 Å². The molecule has 0 spiro atoms. The van der Waals surface area contributed by atoms with Crippen LogP contribution in [0.1, 0.15) is 39.7 Å². The van der Waals surface area contributed by atoms with E-state index in [-0.39, 0.29) is 12.3 Å². The highest BCUT2D eigenvalue weighted by molar-refractivity contribution is 9.10. The van der Waals surface area contributed by atoms with Crippen LogP contribution in [0.25, 0.3) is 0 Å². The highest BCUT2D eigenvalue weighted by atomic mass is 79.9. The van der Waals surface area contributed by atoms with E-state index in [0.29, 0.717) is 12.4 Å². The molecule has 0 heterocycles. The maximum Gasteiger partial charge on any atom is 0.315 e. The number of rotatable bonds is 6. The van der Waals surface area contributed by atoms with Crippen LogP contribution < -0.4 is 4.74 Å². The molecule has 1 atom stereocenters. The Morgan fingerprint density at radius 3 is 2.57 bits per heavy atom. The van der Waals surface area contributed by atoms with Crippen molar-refractivity contribution in [3.63, 3.8) is 0 Å². The molecule has 0 aliphatic heterocycles. The van der Waals surface area contributed by atoms with Gasteiger partial charge >= 0.3 is 5.97 Å². The SMILES string of the molecule is CC#CCC(C(=O)O)(c1ccc(OCC)c(Br)c1)C(C)C. The Kier molecular flexibility index (Phi) is 6.29. The van der Waals surface area contributed by atoms with Gasteiger partial charge in [0.1, 0.15) is 11.2 Å². The molecule has 1 rings (SSSR count). The van der Waals surface area contributed by atoms with E-state index in [1.165, 1.54) is 0 Å². The molecule has 0 amide bonds. The van der Waals surface area contributed by atoms with Crippen molar-refractivity contribution in [1.82, 2.24) is 0 Å². The topological polar surface area (TPSA) is 46.5 Å². The van der Waals surface area contributed by atoms with Crippen LogP contribution in [0, 0.1) is 17.8 Å². The summed E-state index contributed by atoms with van der Waals surface area (Å²) in [4.78, 5) is 12.0. The number of benzene rings is 1. The molecule has 1 N–H and O–H groups in total. The molecule has 0 saturated heterocycles. The molecule has 0 bridgehead atoms. The first-order valence-corrected chi connectivity index (χ1v) is 7.75. The highest BCUT2D eigenvalue weighted by Gasteiger charge is 2.43. The number of carbonyl (C=O) groups is 1. The number of carboxylic acid groups (broad SMARTS) is 1. The average Bonchev–Trinajstić information content (AvgIpc) is 2.42. The van der Waals surface area contributed by atoms with Gasteiger partial charge in [-0.25, -0.2) is 0 Å². The minimum atomic E-state index is -1.02. The van der Waals surface area contributed by atoms with Crippen LogP contribution in [0.15, 0.2) is 22.7 Å². The largest absolute Gasteiger partial charge is 0.493 e. The summed E-state index contributed by atoms with van der Waals surface area (Å²) in [5, 5.41) is 9.82. The maximum absolute atomic E-state index is 12.0. The van der Waals surface area contributed by atoms with Gasteiger partial charge in [0, 0.05) is 6.42 Å². The van der Waals surface area contributed by atoms with Crippen molar-refractivity contribution in [2.75, 3.05) is 6.61 Å². The van der Waals surface area contributed by atoms with Gasteiger partial charge in [-0.3, -0.25) is 4.79 Å². The summed E-state index contributed by atoms with van der Waals surface area (Å²) >= 11 is 3.45. The summed E-state index contributed by atoms with van der Waals surface area (Å²) in [6.07, 6.45) is 0.289. The van der Waals surface area contributed by atoms with Gasteiger partial charge in [-0.15, -0.1) is 11.8 Å². The molecule has 0 fully saturated rings. The normalized spacial score (nSPS) is 13.2. The van der Waals surface area contributed by atoms with Crippen LogP contribution in [-0.4, -0.2) is 17.7 Å². The van der Waals surface area contributed by atoms with Crippen LogP contribution >= 0.6 is 15.9 Å². The van der Waals surface area contributed by atoms with Crippen molar-refractivity contribution in [2.24, 2.45) is 5.92 Å². The Balaban J connectivity index is 3.40. The zero-order valence-corrected chi connectivity index (χ0v) is 14.5.